The molecule has 0 saturated carbocycles. The van der Waals surface area contributed by atoms with Gasteiger partial charge in [-0.15, -0.1) is 0 Å². The summed E-state index contributed by atoms with van der Waals surface area (Å²) >= 11 is 0. The van der Waals surface area contributed by atoms with E-state index < -0.39 is 0 Å². The first kappa shape index (κ1) is 12.2. The summed E-state index contributed by atoms with van der Waals surface area (Å²) in [6.07, 6.45) is 3.30. The minimum atomic E-state index is 0.282. The predicted molar refractivity (Wildman–Crippen MR) is 76.8 cm³/mol. The van der Waals surface area contributed by atoms with Gasteiger partial charge in [-0.25, -0.2) is 0 Å². The zero-order valence-electron chi connectivity index (χ0n) is 10.8. The van der Waals surface area contributed by atoms with Crippen LogP contribution in [0.15, 0.2) is 60.9 Å². The molecular formula is C15H14N4O. The molecule has 0 unspecified atom stereocenters. The van der Waals surface area contributed by atoms with Gasteiger partial charge in [-0.05, 0) is 42.0 Å². The van der Waals surface area contributed by atoms with E-state index in [9.17, 15) is 5.11 Å². The number of rotatable bonds is 4. The first-order valence-electron chi connectivity index (χ1n) is 6.30. The van der Waals surface area contributed by atoms with Crippen molar-refractivity contribution in [2.45, 2.75) is 6.54 Å². The molecule has 3 rings (SSSR count). The largest absolute Gasteiger partial charge is 0.508 e. The Kier molecular flexibility index (Phi) is 3.33. The molecule has 1 heterocycles. The monoisotopic (exact) mass is 266 g/mol. The average molecular weight is 266 g/mol. The highest BCUT2D eigenvalue weighted by Crippen LogP contribution is 2.14. The first-order valence-corrected chi connectivity index (χ1v) is 6.30. The number of aromatic nitrogens is 3. The van der Waals surface area contributed by atoms with Gasteiger partial charge in [0.1, 0.15) is 5.75 Å². The maximum Gasteiger partial charge on any atom is 0.115 e. The Morgan fingerprint density at radius 2 is 1.55 bits per heavy atom. The number of benzene rings is 2. The van der Waals surface area contributed by atoms with Crippen molar-refractivity contribution in [2.75, 3.05) is 5.32 Å². The number of anilines is 1. The summed E-state index contributed by atoms with van der Waals surface area (Å²) in [5.74, 6) is 0.282. The van der Waals surface area contributed by atoms with Crippen LogP contribution in [0.25, 0.3) is 5.69 Å². The van der Waals surface area contributed by atoms with E-state index in [4.69, 9.17) is 0 Å². The summed E-state index contributed by atoms with van der Waals surface area (Å²) < 4.78 is 0. The highest BCUT2D eigenvalue weighted by molar-refractivity contribution is 5.48. The van der Waals surface area contributed by atoms with Crippen molar-refractivity contribution in [3.63, 3.8) is 0 Å². The maximum absolute atomic E-state index is 9.23. The fourth-order valence-corrected chi connectivity index (χ4v) is 1.88. The van der Waals surface area contributed by atoms with Crippen molar-refractivity contribution < 1.29 is 5.11 Å². The smallest absolute Gasteiger partial charge is 0.115 e. The van der Waals surface area contributed by atoms with E-state index in [1.807, 2.05) is 36.4 Å². The van der Waals surface area contributed by atoms with E-state index in [1.54, 1.807) is 29.3 Å². The summed E-state index contributed by atoms with van der Waals surface area (Å²) in [7, 11) is 0. The Balaban J connectivity index is 1.65. The number of aromatic hydroxyl groups is 1. The number of phenolic OH excluding ortho intramolecular Hbond substituents is 1. The van der Waals surface area contributed by atoms with Gasteiger partial charge in [0.2, 0.25) is 0 Å². The minimum Gasteiger partial charge on any atom is -0.508 e. The van der Waals surface area contributed by atoms with Crippen LogP contribution < -0.4 is 5.32 Å². The molecule has 2 N–H and O–H groups in total. The first-order chi connectivity index (χ1) is 9.81. The van der Waals surface area contributed by atoms with Gasteiger partial charge in [0.05, 0.1) is 18.1 Å². The minimum absolute atomic E-state index is 0.282. The number of nitrogens with zero attached hydrogens (tertiary/aromatic N) is 3. The van der Waals surface area contributed by atoms with Crippen LogP contribution in [0.4, 0.5) is 5.69 Å². The normalized spacial score (nSPS) is 10.4. The van der Waals surface area contributed by atoms with Gasteiger partial charge in [-0.2, -0.15) is 15.0 Å². The molecule has 0 spiro atoms. The molecular weight excluding hydrogens is 252 g/mol. The Morgan fingerprint density at radius 1 is 0.900 bits per heavy atom. The van der Waals surface area contributed by atoms with Gasteiger partial charge in [-0.3, -0.25) is 0 Å². The lowest BCUT2D eigenvalue weighted by Crippen LogP contribution is -2.01. The fraction of sp³-hybridized carbons (Fsp3) is 0.0667. The number of nitrogens with one attached hydrogen (secondary N) is 1. The molecule has 0 radical (unpaired) electrons. The Morgan fingerprint density at radius 3 is 2.20 bits per heavy atom. The average Bonchev–Trinajstić information content (AvgIpc) is 3.01. The molecule has 0 aliphatic heterocycles. The highest BCUT2D eigenvalue weighted by atomic mass is 16.3. The zero-order chi connectivity index (χ0) is 13.8. The van der Waals surface area contributed by atoms with E-state index >= 15 is 0 Å². The third-order valence-electron chi connectivity index (χ3n) is 2.95. The van der Waals surface area contributed by atoms with Gasteiger partial charge in [0.25, 0.3) is 0 Å². The molecule has 5 nitrogen and oxygen atoms in total. The fourth-order valence-electron chi connectivity index (χ4n) is 1.88. The molecule has 0 aliphatic rings. The van der Waals surface area contributed by atoms with Gasteiger partial charge >= 0.3 is 0 Å². The van der Waals surface area contributed by atoms with Crippen molar-refractivity contribution in [1.82, 2.24) is 15.0 Å². The second-order valence-corrected chi connectivity index (χ2v) is 4.39. The van der Waals surface area contributed by atoms with Crippen molar-refractivity contribution in [3.05, 3.63) is 66.5 Å². The van der Waals surface area contributed by atoms with Crippen LogP contribution in [-0.2, 0) is 6.54 Å². The molecule has 2 aromatic carbocycles. The van der Waals surface area contributed by atoms with Gasteiger partial charge in [0.15, 0.2) is 0 Å². The van der Waals surface area contributed by atoms with E-state index in [0.29, 0.717) is 6.54 Å². The Bertz CT molecular complexity index is 660. The maximum atomic E-state index is 9.23. The lowest BCUT2D eigenvalue weighted by atomic mass is 10.2. The SMILES string of the molecule is Oc1ccc(CNc2ccc(-n3nccn3)cc2)cc1. The van der Waals surface area contributed by atoms with Crippen LogP contribution in [0.1, 0.15) is 5.56 Å². The molecule has 5 heteroatoms. The molecule has 100 valence electrons. The van der Waals surface area contributed by atoms with Gasteiger partial charge in [0, 0.05) is 12.2 Å². The van der Waals surface area contributed by atoms with Crippen LogP contribution in [0, 0.1) is 0 Å². The standard InChI is InChI=1S/C15H14N4O/c20-15-7-1-12(2-8-15)11-16-13-3-5-14(6-4-13)19-17-9-10-18-19/h1-10,16,20H,11H2. The summed E-state index contributed by atoms with van der Waals surface area (Å²) in [4.78, 5) is 1.57. The molecule has 0 bridgehead atoms. The van der Waals surface area contributed by atoms with Crippen LogP contribution in [0.3, 0.4) is 0 Å². The van der Waals surface area contributed by atoms with Gasteiger partial charge in [-0.1, -0.05) is 12.1 Å². The zero-order valence-corrected chi connectivity index (χ0v) is 10.8. The van der Waals surface area contributed by atoms with E-state index in [-0.39, 0.29) is 5.75 Å². The summed E-state index contributed by atoms with van der Waals surface area (Å²) in [5.41, 5.74) is 3.06. The third kappa shape index (κ3) is 2.77. The molecule has 0 fully saturated rings. The van der Waals surface area contributed by atoms with E-state index in [0.717, 1.165) is 16.9 Å². The van der Waals surface area contributed by atoms with Crippen molar-refractivity contribution in [2.24, 2.45) is 0 Å². The third-order valence-corrected chi connectivity index (χ3v) is 2.95. The van der Waals surface area contributed by atoms with Gasteiger partial charge < -0.3 is 10.4 Å². The number of hydrogen-bond donors (Lipinski definition) is 2. The van der Waals surface area contributed by atoms with Crippen LogP contribution >= 0.6 is 0 Å². The second-order valence-electron chi connectivity index (χ2n) is 4.39. The van der Waals surface area contributed by atoms with Crippen molar-refractivity contribution >= 4 is 5.69 Å². The quantitative estimate of drug-likeness (QED) is 0.762. The van der Waals surface area contributed by atoms with Crippen LogP contribution in [-0.4, -0.2) is 20.1 Å². The molecule has 20 heavy (non-hydrogen) atoms. The van der Waals surface area contributed by atoms with Crippen LogP contribution in [0.2, 0.25) is 0 Å². The topological polar surface area (TPSA) is 63.0 Å². The molecule has 0 aliphatic carbocycles. The van der Waals surface area contributed by atoms with Crippen molar-refractivity contribution in [3.8, 4) is 11.4 Å². The highest BCUT2D eigenvalue weighted by Gasteiger charge is 1.98. The van der Waals surface area contributed by atoms with E-state index in [2.05, 4.69) is 15.5 Å². The molecule has 0 amide bonds. The number of phenols is 1. The Hall–Kier alpha value is -2.82. The summed E-state index contributed by atoms with van der Waals surface area (Å²) in [5, 5.41) is 20.7. The predicted octanol–water partition coefficient (Wildman–Crippen LogP) is 2.58. The second kappa shape index (κ2) is 5.44. The van der Waals surface area contributed by atoms with Crippen LogP contribution in [0.5, 0.6) is 5.75 Å². The van der Waals surface area contributed by atoms with E-state index in [1.165, 1.54) is 0 Å². The summed E-state index contributed by atoms with van der Waals surface area (Å²) in [6.45, 7) is 0.708. The Labute approximate surface area is 116 Å². The lowest BCUT2D eigenvalue weighted by Gasteiger charge is -2.07. The molecule has 1 aromatic heterocycles. The number of hydrogen-bond acceptors (Lipinski definition) is 4. The molecule has 0 atom stereocenters. The van der Waals surface area contributed by atoms with Crippen molar-refractivity contribution in [1.29, 1.82) is 0 Å². The lowest BCUT2D eigenvalue weighted by molar-refractivity contribution is 0.475. The molecule has 3 aromatic rings. The summed E-state index contributed by atoms with van der Waals surface area (Å²) in [6, 6.07) is 15.0. The molecule has 0 saturated heterocycles.